The standard InChI is InChI=1S/C10H21O4Si.3Na/c1-2-3-4-5-6-7-8-9-10-14-15(11,12)13;;;/h2-10H2,1H3;;;/q-3;3*+1. The molecule has 0 heterocycles. The van der Waals surface area contributed by atoms with E-state index in [9.17, 15) is 14.4 Å². The molecule has 0 aromatic heterocycles. The van der Waals surface area contributed by atoms with Gasteiger partial charge in [0.2, 0.25) is 0 Å². The summed E-state index contributed by atoms with van der Waals surface area (Å²) in [4.78, 5) is 30.3. The number of rotatable bonds is 10. The Kier molecular flexibility index (Phi) is 32.4. The molecule has 92 valence electrons. The van der Waals surface area contributed by atoms with E-state index in [-0.39, 0.29) is 95.3 Å². The van der Waals surface area contributed by atoms with Crippen LogP contribution >= 0.6 is 0 Å². The van der Waals surface area contributed by atoms with E-state index in [1.807, 2.05) is 0 Å². The molecule has 0 N–H and O–H groups in total. The molecule has 0 aliphatic heterocycles. The van der Waals surface area contributed by atoms with Crippen molar-refractivity contribution in [1.29, 1.82) is 0 Å². The van der Waals surface area contributed by atoms with Crippen LogP contribution in [0.2, 0.25) is 0 Å². The Morgan fingerprint density at radius 1 is 0.722 bits per heavy atom. The monoisotopic (exact) mass is 302 g/mol. The Bertz CT molecular complexity index is 148. The molecule has 0 bridgehead atoms. The second kappa shape index (κ2) is 20.1. The van der Waals surface area contributed by atoms with Crippen molar-refractivity contribution in [2.75, 3.05) is 6.61 Å². The smallest absolute Gasteiger partial charge is 0.861 e. The molecule has 0 amide bonds. The van der Waals surface area contributed by atoms with Gasteiger partial charge in [-0.2, -0.15) is 0 Å². The molecular weight excluding hydrogens is 281 g/mol. The fourth-order valence-electron chi connectivity index (χ4n) is 1.43. The van der Waals surface area contributed by atoms with Gasteiger partial charge in [-0.3, -0.25) is 0 Å². The van der Waals surface area contributed by atoms with Crippen LogP contribution in [-0.4, -0.2) is 15.7 Å². The maximum Gasteiger partial charge on any atom is 1.00 e. The average Bonchev–Trinajstić information content (AvgIpc) is 2.14. The second-order valence-corrected chi connectivity index (χ2v) is 5.11. The summed E-state index contributed by atoms with van der Waals surface area (Å²) >= 11 is 0. The van der Waals surface area contributed by atoms with E-state index in [0.717, 1.165) is 12.8 Å². The summed E-state index contributed by atoms with van der Waals surface area (Å²) in [5.41, 5.74) is 0. The second-order valence-electron chi connectivity index (χ2n) is 3.82. The topological polar surface area (TPSA) is 78.4 Å². The fourth-order valence-corrected chi connectivity index (χ4v) is 1.83. The van der Waals surface area contributed by atoms with Gasteiger partial charge in [0.25, 0.3) is 0 Å². The zero-order chi connectivity index (χ0) is 11.6. The van der Waals surface area contributed by atoms with Gasteiger partial charge in [0.05, 0.1) is 0 Å². The summed E-state index contributed by atoms with van der Waals surface area (Å²) in [6.45, 7) is 2.24. The summed E-state index contributed by atoms with van der Waals surface area (Å²) in [5.74, 6) is 0. The molecule has 0 spiro atoms. The molecule has 4 nitrogen and oxygen atoms in total. The minimum absolute atomic E-state index is 0. The van der Waals surface area contributed by atoms with Crippen LogP contribution in [-0.2, 0) is 4.43 Å². The average molecular weight is 302 g/mol. The van der Waals surface area contributed by atoms with E-state index in [4.69, 9.17) is 0 Å². The molecule has 0 unspecified atom stereocenters. The van der Waals surface area contributed by atoms with Crippen LogP contribution in [0.1, 0.15) is 58.3 Å². The van der Waals surface area contributed by atoms with E-state index in [1.165, 1.54) is 32.1 Å². The van der Waals surface area contributed by atoms with Crippen molar-refractivity contribution >= 4 is 9.05 Å². The maximum atomic E-state index is 10.1. The van der Waals surface area contributed by atoms with Crippen molar-refractivity contribution in [3.8, 4) is 0 Å². The molecule has 0 aromatic rings. The van der Waals surface area contributed by atoms with Gasteiger partial charge in [0, 0.05) is 6.61 Å². The molecule has 0 saturated carbocycles. The number of unbranched alkanes of at least 4 members (excludes halogenated alkanes) is 7. The Balaban J connectivity index is -0.000000327. The van der Waals surface area contributed by atoms with Crippen molar-refractivity contribution in [2.24, 2.45) is 0 Å². The maximum absolute atomic E-state index is 10.1. The molecule has 0 atom stereocenters. The molecule has 18 heavy (non-hydrogen) atoms. The van der Waals surface area contributed by atoms with Gasteiger partial charge >= 0.3 is 88.7 Å². The van der Waals surface area contributed by atoms with Gasteiger partial charge in [0.1, 0.15) is 0 Å². The molecule has 0 rings (SSSR count). The third-order valence-corrected chi connectivity index (χ3v) is 2.83. The first-order valence-electron chi connectivity index (χ1n) is 5.81. The van der Waals surface area contributed by atoms with Crippen LogP contribution in [0.3, 0.4) is 0 Å². The normalized spacial score (nSPS) is 10.0. The van der Waals surface area contributed by atoms with E-state index in [0.29, 0.717) is 6.42 Å². The molecule has 8 heteroatoms. The van der Waals surface area contributed by atoms with Crippen LogP contribution in [0.15, 0.2) is 0 Å². The third kappa shape index (κ3) is 27.4. The van der Waals surface area contributed by atoms with Gasteiger partial charge in [-0.15, -0.1) is 9.05 Å². The minimum Gasteiger partial charge on any atom is -0.861 e. The van der Waals surface area contributed by atoms with Gasteiger partial charge < -0.3 is 18.8 Å². The Labute approximate surface area is 179 Å². The van der Waals surface area contributed by atoms with E-state index in [2.05, 4.69) is 11.3 Å². The third-order valence-electron chi connectivity index (χ3n) is 2.28. The van der Waals surface area contributed by atoms with Crippen molar-refractivity contribution in [2.45, 2.75) is 58.3 Å². The number of hydrogen-bond donors (Lipinski definition) is 0. The molecule has 0 fully saturated rings. The Morgan fingerprint density at radius 3 is 1.50 bits per heavy atom. The van der Waals surface area contributed by atoms with Crippen LogP contribution in [0.5, 0.6) is 0 Å². The van der Waals surface area contributed by atoms with Crippen molar-refractivity contribution < 1.29 is 107 Å². The van der Waals surface area contributed by atoms with Gasteiger partial charge in [-0.1, -0.05) is 51.9 Å². The van der Waals surface area contributed by atoms with E-state index < -0.39 is 9.05 Å². The molecular formula is C10H21Na3O4Si. The summed E-state index contributed by atoms with van der Waals surface area (Å²) in [7, 11) is -4.99. The van der Waals surface area contributed by atoms with E-state index in [1.54, 1.807) is 0 Å². The van der Waals surface area contributed by atoms with Crippen LogP contribution in [0, 0.1) is 0 Å². The zero-order valence-electron chi connectivity index (χ0n) is 12.5. The SMILES string of the molecule is CCCCCCCCCCO[Si]([O-])([O-])[O-].[Na+].[Na+].[Na+]. The largest absolute Gasteiger partial charge is 1.00 e. The molecule has 0 aliphatic carbocycles. The summed E-state index contributed by atoms with van der Waals surface area (Å²) in [6, 6.07) is 0. The zero-order valence-corrected chi connectivity index (χ0v) is 19.5. The van der Waals surface area contributed by atoms with E-state index >= 15 is 0 Å². The number of hydrogen-bond acceptors (Lipinski definition) is 4. The minimum atomic E-state index is -4.99. The van der Waals surface area contributed by atoms with Crippen molar-refractivity contribution in [3.05, 3.63) is 0 Å². The quantitative estimate of drug-likeness (QED) is 0.297. The van der Waals surface area contributed by atoms with Gasteiger partial charge in [-0.05, 0) is 6.42 Å². The Morgan fingerprint density at radius 2 is 1.11 bits per heavy atom. The van der Waals surface area contributed by atoms with Crippen molar-refractivity contribution in [3.63, 3.8) is 0 Å². The molecule has 0 saturated heterocycles. The molecule has 0 aromatic carbocycles. The summed E-state index contributed by atoms with van der Waals surface area (Å²) < 4.78 is 4.15. The van der Waals surface area contributed by atoms with Crippen LogP contribution < -0.4 is 103 Å². The van der Waals surface area contributed by atoms with Gasteiger partial charge in [-0.25, -0.2) is 0 Å². The predicted octanol–water partition coefficient (Wildman–Crippen LogP) is -9.33. The van der Waals surface area contributed by atoms with Crippen molar-refractivity contribution in [1.82, 2.24) is 0 Å². The Hall–Kier alpha value is 3.06. The first-order valence-corrected chi connectivity index (χ1v) is 7.45. The van der Waals surface area contributed by atoms with Crippen LogP contribution in [0.4, 0.5) is 0 Å². The van der Waals surface area contributed by atoms with Crippen LogP contribution in [0.25, 0.3) is 0 Å². The fraction of sp³-hybridized carbons (Fsp3) is 1.00. The first-order chi connectivity index (χ1) is 7.06. The molecule has 0 radical (unpaired) electrons. The summed E-state index contributed by atoms with van der Waals surface area (Å²) in [5, 5.41) is 0. The molecule has 0 aliphatic rings. The predicted molar refractivity (Wildman–Crippen MR) is 54.3 cm³/mol. The van der Waals surface area contributed by atoms with Gasteiger partial charge in [0.15, 0.2) is 0 Å². The first kappa shape index (κ1) is 29.1. The summed E-state index contributed by atoms with van der Waals surface area (Å²) in [6.07, 6.45) is 8.96.